The van der Waals surface area contributed by atoms with Gasteiger partial charge in [-0.2, -0.15) is 0 Å². The van der Waals surface area contributed by atoms with E-state index in [1.54, 1.807) is 48.5 Å². The van der Waals surface area contributed by atoms with Crippen molar-refractivity contribution in [2.45, 2.75) is 29.9 Å². The summed E-state index contributed by atoms with van der Waals surface area (Å²) in [5.74, 6) is -2.92. The molecule has 5 aromatic rings. The quantitative estimate of drug-likeness (QED) is 0.0450. The summed E-state index contributed by atoms with van der Waals surface area (Å²) in [5, 5.41) is 0.0274. The highest BCUT2D eigenvalue weighted by atomic mass is 32.2. The van der Waals surface area contributed by atoms with Gasteiger partial charge < -0.3 is 9.26 Å². The second-order valence-electron chi connectivity index (χ2n) is 12.0. The lowest BCUT2D eigenvalue weighted by atomic mass is 9.88. The van der Waals surface area contributed by atoms with Gasteiger partial charge in [0.25, 0.3) is 5.91 Å². The monoisotopic (exact) mass is 716 g/mol. The van der Waals surface area contributed by atoms with E-state index < -0.39 is 54.6 Å². The van der Waals surface area contributed by atoms with Gasteiger partial charge in [0.05, 0.1) is 11.0 Å². The number of β-lactam (4-membered cyclic amide) rings is 1. The zero-order valence-corrected chi connectivity index (χ0v) is 28.8. The van der Waals surface area contributed by atoms with Crippen LogP contribution in [-0.2, 0) is 29.8 Å². The van der Waals surface area contributed by atoms with Gasteiger partial charge in [0.2, 0.25) is 0 Å². The zero-order chi connectivity index (χ0) is 35.4. The Kier molecular flexibility index (Phi) is 10.0. The molecule has 2 unspecified atom stereocenters. The molecule has 0 aliphatic carbocycles. The molecule has 256 valence electrons. The minimum Gasteiger partial charge on any atom is -0.448 e. The number of aliphatic imine (C=N–C) groups is 1. The molecule has 0 bridgehead atoms. The summed E-state index contributed by atoms with van der Waals surface area (Å²) in [6, 6.07) is 45.0. The van der Waals surface area contributed by atoms with Gasteiger partial charge in [0.15, 0.2) is 23.6 Å². The molecular weight excluding hydrogens is 683 g/mol. The van der Waals surface area contributed by atoms with E-state index in [0.29, 0.717) is 33.7 Å². The van der Waals surface area contributed by atoms with E-state index in [1.165, 1.54) is 16.7 Å². The van der Waals surface area contributed by atoms with Crippen LogP contribution in [0.25, 0.3) is 0 Å². The van der Waals surface area contributed by atoms with Crippen molar-refractivity contribution >= 4 is 36.5 Å². The number of ether oxygens (including phenoxy) is 1. The fraction of sp³-hybridized carbons (Fsp3) is 0.125. The number of phosphoric acid groups is 1. The number of fused-ring (bicyclic) bond motifs is 1. The fourth-order valence-corrected chi connectivity index (χ4v) is 8.09. The maximum Gasteiger partial charge on any atom is 0.524 e. The highest BCUT2D eigenvalue weighted by Gasteiger charge is 2.57. The second-order valence-corrected chi connectivity index (χ2v) is 14.4. The van der Waals surface area contributed by atoms with Crippen LogP contribution in [0.4, 0.5) is 0 Å². The number of esters is 1. The SMILES string of the molecule is O=C(OC(c1ccccc1)c1ccccc1)C(=C(OP(=O)(O)O)C(c1ccccc1)c1ccccc1)N1C(=O)C2N=C(Cc3ccccc3)SC21. The van der Waals surface area contributed by atoms with Gasteiger partial charge in [-0.15, -0.1) is 0 Å². The predicted octanol–water partition coefficient (Wildman–Crippen LogP) is 7.40. The summed E-state index contributed by atoms with van der Waals surface area (Å²) in [6.07, 6.45) is -0.443. The van der Waals surface area contributed by atoms with Crippen LogP contribution < -0.4 is 0 Å². The minimum absolute atomic E-state index is 0.400. The van der Waals surface area contributed by atoms with Gasteiger partial charge >= 0.3 is 13.8 Å². The van der Waals surface area contributed by atoms with Gasteiger partial charge in [0, 0.05) is 6.42 Å². The molecule has 2 heterocycles. The van der Waals surface area contributed by atoms with E-state index in [4.69, 9.17) is 14.3 Å². The van der Waals surface area contributed by atoms with E-state index in [1.807, 2.05) is 103 Å². The predicted molar refractivity (Wildman–Crippen MR) is 195 cm³/mol. The number of phosphoric ester groups is 1. The number of amides is 1. The third-order valence-electron chi connectivity index (χ3n) is 8.60. The van der Waals surface area contributed by atoms with Crippen molar-refractivity contribution in [3.63, 3.8) is 0 Å². The van der Waals surface area contributed by atoms with Gasteiger partial charge in [-0.25, -0.2) is 9.36 Å². The molecule has 1 fully saturated rings. The van der Waals surface area contributed by atoms with E-state index in [0.717, 1.165) is 5.56 Å². The van der Waals surface area contributed by atoms with Gasteiger partial charge in [-0.05, 0) is 27.8 Å². The Bertz CT molecular complexity index is 2030. The Morgan fingerprint density at radius 1 is 0.725 bits per heavy atom. The Morgan fingerprint density at radius 3 is 1.65 bits per heavy atom. The summed E-state index contributed by atoms with van der Waals surface area (Å²) >= 11 is 1.33. The molecule has 7 rings (SSSR count). The van der Waals surface area contributed by atoms with E-state index in [9.17, 15) is 23.9 Å². The normalized spacial score (nSPS) is 17.4. The summed E-state index contributed by atoms with van der Waals surface area (Å²) in [4.78, 5) is 55.7. The molecule has 11 heteroatoms. The molecule has 1 amide bonds. The summed E-state index contributed by atoms with van der Waals surface area (Å²) in [6.45, 7) is 0. The smallest absolute Gasteiger partial charge is 0.448 e. The standard InChI is InChI=1S/C40H33N2O7PS/c43-38-34-39(51-32(41-34)26-27-16-6-1-7-17-27)42(38)35(40(44)48-36(30-22-12-4-13-23-30)31-24-14-5-15-25-31)37(49-50(45,46)47)33(28-18-8-2-9-19-28)29-20-10-3-11-21-29/h1-25,33-34,36,39H,26H2,(H2,45,46,47). The van der Waals surface area contributed by atoms with Crippen LogP contribution in [0.3, 0.4) is 0 Å². The fourth-order valence-electron chi connectivity index (χ4n) is 6.32. The van der Waals surface area contributed by atoms with Crippen LogP contribution in [0.15, 0.2) is 168 Å². The lowest BCUT2D eigenvalue weighted by Crippen LogP contribution is -2.61. The van der Waals surface area contributed by atoms with Gasteiger partial charge in [-0.3, -0.25) is 24.5 Å². The van der Waals surface area contributed by atoms with Crippen molar-refractivity contribution in [1.29, 1.82) is 0 Å². The molecule has 1 saturated heterocycles. The molecule has 5 aromatic carbocycles. The Labute approximate surface area is 299 Å². The number of rotatable bonds is 12. The lowest BCUT2D eigenvalue weighted by Gasteiger charge is -2.42. The first-order valence-corrected chi connectivity index (χ1v) is 18.7. The number of likely N-dealkylation sites (tertiary alicyclic amines) is 1. The first kappa shape index (κ1) is 34.2. The lowest BCUT2D eigenvalue weighted by molar-refractivity contribution is -0.153. The van der Waals surface area contributed by atoms with Gasteiger partial charge in [0.1, 0.15) is 5.37 Å². The third-order valence-corrected chi connectivity index (χ3v) is 10.3. The van der Waals surface area contributed by atoms with Crippen molar-refractivity contribution in [2.75, 3.05) is 0 Å². The minimum atomic E-state index is -5.33. The van der Waals surface area contributed by atoms with Crippen molar-refractivity contribution in [3.05, 3.63) is 191 Å². The first-order valence-electron chi connectivity index (χ1n) is 16.3. The van der Waals surface area contributed by atoms with Crippen LogP contribution in [-0.4, -0.2) is 43.0 Å². The zero-order valence-electron chi connectivity index (χ0n) is 27.1. The molecule has 2 N–H and O–H groups in total. The molecular formula is C40H33N2O7PS. The number of hydrogen-bond donors (Lipinski definition) is 2. The highest BCUT2D eigenvalue weighted by Crippen LogP contribution is 2.50. The van der Waals surface area contributed by atoms with Crippen molar-refractivity contribution in [3.8, 4) is 0 Å². The molecule has 9 nitrogen and oxygen atoms in total. The molecule has 2 aliphatic heterocycles. The molecule has 0 spiro atoms. The number of benzene rings is 5. The van der Waals surface area contributed by atoms with Gasteiger partial charge in [-0.1, -0.05) is 163 Å². The van der Waals surface area contributed by atoms with E-state index in [-0.39, 0.29) is 0 Å². The average Bonchev–Trinajstić information content (AvgIpc) is 3.52. The Hall–Kier alpha value is -5.25. The number of carbonyl (C=O) groups is 2. The van der Waals surface area contributed by atoms with E-state index in [2.05, 4.69) is 0 Å². The first-order chi connectivity index (χ1) is 24.8. The van der Waals surface area contributed by atoms with E-state index >= 15 is 0 Å². The maximum absolute atomic E-state index is 14.9. The number of thioether (sulfide) groups is 1. The van der Waals surface area contributed by atoms with Crippen molar-refractivity contribution in [2.24, 2.45) is 4.99 Å². The van der Waals surface area contributed by atoms with Crippen LogP contribution >= 0.6 is 19.6 Å². The average molecular weight is 717 g/mol. The third kappa shape index (κ3) is 7.60. The molecule has 51 heavy (non-hydrogen) atoms. The number of nitrogens with zero attached hydrogens (tertiary/aromatic N) is 2. The summed E-state index contributed by atoms with van der Waals surface area (Å²) in [5.41, 5.74) is 3.07. The summed E-state index contributed by atoms with van der Waals surface area (Å²) < 4.78 is 24.7. The number of hydrogen-bond acceptors (Lipinski definition) is 7. The van der Waals surface area contributed by atoms with Crippen LogP contribution in [0.2, 0.25) is 0 Å². The van der Waals surface area contributed by atoms with Crippen molar-refractivity contribution in [1.82, 2.24) is 4.90 Å². The number of carbonyl (C=O) groups excluding carboxylic acids is 2. The summed E-state index contributed by atoms with van der Waals surface area (Å²) in [7, 11) is -5.33. The van der Waals surface area contributed by atoms with Crippen LogP contribution in [0.5, 0.6) is 0 Å². The van der Waals surface area contributed by atoms with Crippen LogP contribution in [0, 0.1) is 0 Å². The van der Waals surface area contributed by atoms with Crippen molar-refractivity contribution < 1.29 is 33.2 Å². The molecule has 2 aliphatic rings. The Morgan fingerprint density at radius 2 is 1.18 bits per heavy atom. The highest BCUT2D eigenvalue weighted by molar-refractivity contribution is 8.14. The Balaban J connectivity index is 1.39. The maximum atomic E-state index is 14.9. The number of allylic oxidation sites excluding steroid dienone is 1. The molecule has 0 radical (unpaired) electrons. The van der Waals surface area contributed by atoms with Crippen LogP contribution in [0.1, 0.15) is 39.8 Å². The molecule has 0 aromatic heterocycles. The molecule has 0 saturated carbocycles. The molecule has 2 atom stereocenters. The second kappa shape index (κ2) is 14.9. The largest absolute Gasteiger partial charge is 0.524 e. The topological polar surface area (TPSA) is 126 Å².